The van der Waals surface area contributed by atoms with Gasteiger partial charge in [0.1, 0.15) is 5.82 Å². The van der Waals surface area contributed by atoms with Gasteiger partial charge in [-0.3, -0.25) is 9.69 Å². The molecule has 0 bridgehead atoms. The number of rotatable bonds is 5. The summed E-state index contributed by atoms with van der Waals surface area (Å²) in [7, 11) is 1.72. The first-order valence-electron chi connectivity index (χ1n) is 7.14. The lowest BCUT2D eigenvalue weighted by atomic mass is 10.2. The molecule has 2 rings (SSSR count). The van der Waals surface area contributed by atoms with Crippen molar-refractivity contribution >= 4 is 11.6 Å². The normalized spacial score (nSPS) is 11.6. The Morgan fingerprint density at radius 3 is 2.17 bits per heavy atom. The van der Waals surface area contributed by atoms with Gasteiger partial charge in [-0.25, -0.2) is 4.39 Å². The Hall–Kier alpha value is -2.41. The van der Waals surface area contributed by atoms with E-state index in [-0.39, 0.29) is 18.3 Å². The topological polar surface area (TPSA) is 32.3 Å². The quantitative estimate of drug-likeness (QED) is 0.837. The predicted octanol–water partition coefficient (Wildman–Crippen LogP) is 3.92. The van der Waals surface area contributed by atoms with Crippen LogP contribution in [0.25, 0.3) is 0 Å². The third-order valence-electron chi connectivity index (χ3n) is 3.28. The van der Waals surface area contributed by atoms with E-state index in [0.29, 0.717) is 12.2 Å². The second-order valence-electron chi connectivity index (χ2n) is 5.42. The van der Waals surface area contributed by atoms with E-state index >= 15 is 0 Å². The third-order valence-corrected chi connectivity index (χ3v) is 3.28. The highest BCUT2D eigenvalue weighted by molar-refractivity contribution is 5.92. The summed E-state index contributed by atoms with van der Waals surface area (Å²) in [6, 6.07) is 10.2. The fraction of sp³-hybridized carbons (Fsp3) is 0.235. The average molecular weight is 340 g/mol. The van der Waals surface area contributed by atoms with Gasteiger partial charge in [0.15, 0.2) is 0 Å². The largest absolute Gasteiger partial charge is 0.416 e. The fourth-order valence-electron chi connectivity index (χ4n) is 2.15. The van der Waals surface area contributed by atoms with E-state index in [9.17, 15) is 22.4 Å². The first-order valence-corrected chi connectivity index (χ1v) is 7.14. The number of anilines is 1. The van der Waals surface area contributed by atoms with Crippen molar-refractivity contribution in [3.05, 3.63) is 65.5 Å². The summed E-state index contributed by atoms with van der Waals surface area (Å²) in [4.78, 5) is 13.6. The van der Waals surface area contributed by atoms with Crippen molar-refractivity contribution in [3.63, 3.8) is 0 Å². The van der Waals surface area contributed by atoms with Crippen LogP contribution in [-0.2, 0) is 17.5 Å². The Morgan fingerprint density at radius 2 is 1.62 bits per heavy atom. The summed E-state index contributed by atoms with van der Waals surface area (Å²) in [5.74, 6) is -0.680. The summed E-state index contributed by atoms with van der Waals surface area (Å²) in [5.41, 5.74) is 0.373. The van der Waals surface area contributed by atoms with E-state index < -0.39 is 11.7 Å². The van der Waals surface area contributed by atoms with Crippen LogP contribution in [-0.4, -0.2) is 24.4 Å². The lowest BCUT2D eigenvalue weighted by molar-refractivity contribution is -0.137. The lowest BCUT2D eigenvalue weighted by Crippen LogP contribution is -2.29. The van der Waals surface area contributed by atoms with E-state index in [2.05, 4.69) is 5.32 Å². The molecule has 0 aliphatic heterocycles. The molecule has 0 heterocycles. The Labute approximate surface area is 136 Å². The van der Waals surface area contributed by atoms with Crippen molar-refractivity contribution in [2.45, 2.75) is 12.7 Å². The number of amides is 1. The van der Waals surface area contributed by atoms with Crippen molar-refractivity contribution in [2.75, 3.05) is 18.9 Å². The molecule has 0 aromatic heterocycles. The predicted molar refractivity (Wildman–Crippen MR) is 82.8 cm³/mol. The van der Waals surface area contributed by atoms with Crippen molar-refractivity contribution in [1.82, 2.24) is 4.90 Å². The van der Waals surface area contributed by atoms with Gasteiger partial charge >= 0.3 is 6.18 Å². The Bertz CT molecular complexity index is 681. The molecule has 0 radical (unpaired) electrons. The van der Waals surface area contributed by atoms with Gasteiger partial charge in [-0.2, -0.15) is 13.2 Å². The molecule has 128 valence electrons. The molecule has 3 nitrogen and oxygen atoms in total. The SMILES string of the molecule is CN(CC(=O)Nc1ccc(C(F)(F)F)cc1)Cc1ccc(F)cc1. The number of hydrogen-bond donors (Lipinski definition) is 1. The van der Waals surface area contributed by atoms with Gasteiger partial charge in [0.2, 0.25) is 5.91 Å². The highest BCUT2D eigenvalue weighted by Crippen LogP contribution is 2.29. The second-order valence-corrected chi connectivity index (χ2v) is 5.42. The molecule has 0 unspecified atom stereocenters. The molecule has 0 atom stereocenters. The van der Waals surface area contributed by atoms with Gasteiger partial charge in [0.25, 0.3) is 0 Å². The number of hydrogen-bond acceptors (Lipinski definition) is 2. The van der Waals surface area contributed by atoms with E-state index in [1.54, 1.807) is 24.1 Å². The Morgan fingerprint density at radius 1 is 1.04 bits per heavy atom. The molecule has 1 N–H and O–H groups in total. The lowest BCUT2D eigenvalue weighted by Gasteiger charge is -2.16. The summed E-state index contributed by atoms with van der Waals surface area (Å²) in [6.07, 6.45) is -4.40. The fourth-order valence-corrected chi connectivity index (χ4v) is 2.15. The number of likely N-dealkylation sites (N-methyl/N-ethyl adjacent to an activating group) is 1. The van der Waals surface area contributed by atoms with E-state index in [0.717, 1.165) is 17.7 Å². The van der Waals surface area contributed by atoms with Crippen LogP contribution in [0.15, 0.2) is 48.5 Å². The van der Waals surface area contributed by atoms with E-state index in [1.807, 2.05) is 0 Å². The summed E-state index contributed by atoms with van der Waals surface area (Å²) in [5, 5.41) is 2.54. The summed E-state index contributed by atoms with van der Waals surface area (Å²) >= 11 is 0. The van der Waals surface area contributed by atoms with Crippen molar-refractivity contribution < 1.29 is 22.4 Å². The smallest absolute Gasteiger partial charge is 0.325 e. The van der Waals surface area contributed by atoms with Crippen molar-refractivity contribution in [3.8, 4) is 0 Å². The first kappa shape index (κ1) is 17.9. The number of nitrogens with zero attached hydrogens (tertiary/aromatic N) is 1. The maximum Gasteiger partial charge on any atom is 0.416 e. The van der Waals surface area contributed by atoms with Gasteiger partial charge in [-0.05, 0) is 49.0 Å². The monoisotopic (exact) mass is 340 g/mol. The minimum absolute atomic E-state index is 0.0540. The van der Waals surface area contributed by atoms with Crippen LogP contribution in [0.4, 0.5) is 23.2 Å². The summed E-state index contributed by atoms with van der Waals surface area (Å²) in [6.45, 7) is 0.499. The molecule has 0 spiro atoms. The molecule has 0 saturated heterocycles. The second kappa shape index (κ2) is 7.44. The van der Waals surface area contributed by atoms with Crippen LogP contribution >= 0.6 is 0 Å². The molecular formula is C17H16F4N2O. The van der Waals surface area contributed by atoms with Crippen LogP contribution in [0.1, 0.15) is 11.1 Å². The molecule has 2 aromatic rings. The van der Waals surface area contributed by atoms with E-state index in [4.69, 9.17) is 0 Å². The maximum atomic E-state index is 12.8. The number of carbonyl (C=O) groups excluding carboxylic acids is 1. The van der Waals surface area contributed by atoms with Gasteiger partial charge in [-0.15, -0.1) is 0 Å². The van der Waals surface area contributed by atoms with Crippen molar-refractivity contribution in [1.29, 1.82) is 0 Å². The molecule has 1 amide bonds. The Balaban J connectivity index is 1.87. The standard InChI is InChI=1S/C17H16F4N2O/c1-23(10-12-2-6-14(18)7-3-12)11-16(24)22-15-8-4-13(5-9-15)17(19,20)21/h2-9H,10-11H2,1H3,(H,22,24). The third kappa shape index (κ3) is 5.34. The highest BCUT2D eigenvalue weighted by atomic mass is 19.4. The van der Waals surface area contributed by atoms with Gasteiger partial charge in [0, 0.05) is 12.2 Å². The summed E-state index contributed by atoms with van der Waals surface area (Å²) < 4.78 is 50.2. The number of carbonyl (C=O) groups is 1. The molecule has 2 aromatic carbocycles. The average Bonchev–Trinajstić information content (AvgIpc) is 2.49. The van der Waals surface area contributed by atoms with Crippen LogP contribution < -0.4 is 5.32 Å². The zero-order chi connectivity index (χ0) is 17.7. The van der Waals surface area contributed by atoms with Crippen LogP contribution in [0.2, 0.25) is 0 Å². The van der Waals surface area contributed by atoms with Gasteiger partial charge in [-0.1, -0.05) is 12.1 Å². The van der Waals surface area contributed by atoms with Crippen molar-refractivity contribution in [2.24, 2.45) is 0 Å². The van der Waals surface area contributed by atoms with E-state index in [1.165, 1.54) is 24.3 Å². The minimum Gasteiger partial charge on any atom is -0.325 e. The number of halogens is 4. The Kier molecular flexibility index (Phi) is 5.56. The molecular weight excluding hydrogens is 324 g/mol. The molecule has 24 heavy (non-hydrogen) atoms. The molecule has 7 heteroatoms. The zero-order valence-electron chi connectivity index (χ0n) is 12.9. The maximum absolute atomic E-state index is 12.8. The minimum atomic E-state index is -4.40. The zero-order valence-corrected chi connectivity index (χ0v) is 12.9. The number of nitrogens with one attached hydrogen (secondary N) is 1. The molecule has 0 fully saturated rings. The number of benzene rings is 2. The molecule has 0 aliphatic rings. The van der Waals surface area contributed by atoms with Crippen LogP contribution in [0.5, 0.6) is 0 Å². The highest BCUT2D eigenvalue weighted by Gasteiger charge is 2.29. The van der Waals surface area contributed by atoms with Crippen LogP contribution in [0, 0.1) is 5.82 Å². The van der Waals surface area contributed by atoms with Gasteiger partial charge in [0.05, 0.1) is 12.1 Å². The van der Waals surface area contributed by atoms with Gasteiger partial charge < -0.3 is 5.32 Å². The van der Waals surface area contributed by atoms with Crippen LogP contribution in [0.3, 0.4) is 0 Å². The number of alkyl halides is 3. The molecule has 0 aliphatic carbocycles. The molecule has 0 saturated carbocycles. The first-order chi connectivity index (χ1) is 11.2.